The molecule has 2 N–H and O–H groups in total. The average Bonchev–Trinajstić information content (AvgIpc) is 2.52. The van der Waals surface area contributed by atoms with Gasteiger partial charge < -0.3 is 15.3 Å². The first kappa shape index (κ1) is 12.3. The zero-order chi connectivity index (χ0) is 12.3. The summed E-state index contributed by atoms with van der Waals surface area (Å²) in [6.07, 6.45) is 1.02. The lowest BCUT2D eigenvalue weighted by Gasteiger charge is -2.31. The maximum Gasteiger partial charge on any atom is 0.123 e. The molecule has 0 spiro atoms. The van der Waals surface area contributed by atoms with Gasteiger partial charge in [0.05, 0.1) is 6.61 Å². The monoisotopic (exact) mass is 238 g/mol. The zero-order valence-corrected chi connectivity index (χ0v) is 10.1. The Balaban J connectivity index is 2.18. The number of halogens is 1. The van der Waals surface area contributed by atoms with Gasteiger partial charge in [0.2, 0.25) is 0 Å². The molecule has 1 aromatic rings. The van der Waals surface area contributed by atoms with E-state index in [1.165, 1.54) is 12.1 Å². The molecule has 17 heavy (non-hydrogen) atoms. The van der Waals surface area contributed by atoms with Crippen molar-refractivity contribution in [3.05, 3.63) is 30.1 Å². The van der Waals surface area contributed by atoms with E-state index in [0.29, 0.717) is 6.04 Å². The molecule has 1 fully saturated rings. The number of hydrogen-bond acceptors (Lipinski definition) is 3. The van der Waals surface area contributed by atoms with E-state index < -0.39 is 0 Å². The normalized spacial score (nSPS) is 25.7. The van der Waals surface area contributed by atoms with E-state index in [1.54, 1.807) is 12.1 Å². The standard InChI is InChI=1S/C13H19FN2O/c1-10-6-7-15-12(9-17)8-16(10)13-4-2-11(14)3-5-13/h2-5,10,12,15,17H,6-9H2,1H3. The molecule has 94 valence electrons. The van der Waals surface area contributed by atoms with Crippen LogP contribution >= 0.6 is 0 Å². The van der Waals surface area contributed by atoms with Crippen molar-refractivity contribution in [1.82, 2.24) is 5.32 Å². The molecule has 0 radical (unpaired) electrons. The van der Waals surface area contributed by atoms with Crippen LogP contribution < -0.4 is 10.2 Å². The zero-order valence-electron chi connectivity index (χ0n) is 10.1. The predicted molar refractivity (Wildman–Crippen MR) is 66.7 cm³/mol. The van der Waals surface area contributed by atoms with Crippen molar-refractivity contribution < 1.29 is 9.50 Å². The quantitative estimate of drug-likeness (QED) is 0.817. The van der Waals surface area contributed by atoms with Crippen LogP contribution in [0.2, 0.25) is 0 Å². The van der Waals surface area contributed by atoms with Crippen molar-refractivity contribution in [1.29, 1.82) is 0 Å². The molecule has 3 nitrogen and oxygen atoms in total. The van der Waals surface area contributed by atoms with E-state index in [9.17, 15) is 9.50 Å². The van der Waals surface area contributed by atoms with E-state index in [2.05, 4.69) is 17.1 Å². The topological polar surface area (TPSA) is 35.5 Å². The molecule has 2 atom stereocenters. The minimum absolute atomic E-state index is 0.0880. The third-order valence-electron chi connectivity index (χ3n) is 3.32. The van der Waals surface area contributed by atoms with Crippen LogP contribution in [0.3, 0.4) is 0 Å². The second kappa shape index (κ2) is 5.47. The first-order chi connectivity index (χ1) is 8.20. The summed E-state index contributed by atoms with van der Waals surface area (Å²) >= 11 is 0. The van der Waals surface area contributed by atoms with Gasteiger partial charge in [-0.15, -0.1) is 0 Å². The molecule has 0 bridgehead atoms. The first-order valence-electron chi connectivity index (χ1n) is 6.07. The molecule has 0 aliphatic carbocycles. The fourth-order valence-electron chi connectivity index (χ4n) is 2.25. The molecule has 1 aliphatic heterocycles. The summed E-state index contributed by atoms with van der Waals surface area (Å²) in [6.45, 7) is 3.95. The van der Waals surface area contributed by atoms with Gasteiger partial charge in [-0.25, -0.2) is 4.39 Å². The van der Waals surface area contributed by atoms with Crippen LogP contribution in [0.5, 0.6) is 0 Å². The highest BCUT2D eigenvalue weighted by atomic mass is 19.1. The summed E-state index contributed by atoms with van der Waals surface area (Å²) in [6, 6.07) is 7.04. The van der Waals surface area contributed by atoms with Gasteiger partial charge in [0, 0.05) is 24.3 Å². The number of anilines is 1. The number of hydrogen-bond donors (Lipinski definition) is 2. The lowest BCUT2D eigenvalue weighted by molar-refractivity contribution is 0.248. The second-order valence-corrected chi connectivity index (χ2v) is 4.60. The van der Waals surface area contributed by atoms with E-state index >= 15 is 0 Å². The largest absolute Gasteiger partial charge is 0.395 e. The maximum absolute atomic E-state index is 12.9. The van der Waals surface area contributed by atoms with E-state index in [-0.39, 0.29) is 18.5 Å². The number of aliphatic hydroxyl groups is 1. The summed E-state index contributed by atoms with van der Waals surface area (Å²) in [7, 11) is 0. The van der Waals surface area contributed by atoms with Gasteiger partial charge >= 0.3 is 0 Å². The number of nitrogens with one attached hydrogen (secondary N) is 1. The van der Waals surface area contributed by atoms with Gasteiger partial charge in [-0.2, -0.15) is 0 Å². The molecule has 0 aromatic heterocycles. The lowest BCUT2D eigenvalue weighted by Crippen LogP contribution is -2.42. The van der Waals surface area contributed by atoms with Crippen molar-refractivity contribution in [2.45, 2.75) is 25.4 Å². The fraction of sp³-hybridized carbons (Fsp3) is 0.538. The summed E-state index contributed by atoms with van der Waals surface area (Å²) in [4.78, 5) is 2.22. The van der Waals surface area contributed by atoms with Crippen molar-refractivity contribution in [2.75, 3.05) is 24.6 Å². The molecule has 1 aliphatic rings. The van der Waals surface area contributed by atoms with Crippen LogP contribution in [0.15, 0.2) is 24.3 Å². The molecule has 4 heteroatoms. The predicted octanol–water partition coefficient (Wildman–Crippen LogP) is 1.37. The van der Waals surface area contributed by atoms with Crippen LogP contribution in [0, 0.1) is 5.82 Å². The van der Waals surface area contributed by atoms with Crippen molar-refractivity contribution in [3.8, 4) is 0 Å². The summed E-state index contributed by atoms with van der Waals surface area (Å²) in [5.74, 6) is -0.215. The molecule has 2 unspecified atom stereocenters. The molecule has 2 rings (SSSR count). The SMILES string of the molecule is CC1CCNC(CO)CN1c1ccc(F)cc1. The van der Waals surface area contributed by atoms with Gasteiger partial charge in [0.1, 0.15) is 5.82 Å². The highest BCUT2D eigenvalue weighted by molar-refractivity contribution is 5.47. The van der Waals surface area contributed by atoms with Crippen molar-refractivity contribution >= 4 is 5.69 Å². The van der Waals surface area contributed by atoms with Gasteiger partial charge in [-0.3, -0.25) is 0 Å². The minimum Gasteiger partial charge on any atom is -0.395 e. The number of nitrogens with zero attached hydrogens (tertiary/aromatic N) is 1. The Morgan fingerprint density at radius 3 is 2.76 bits per heavy atom. The fourth-order valence-corrected chi connectivity index (χ4v) is 2.25. The number of rotatable bonds is 2. The molecule has 0 amide bonds. The van der Waals surface area contributed by atoms with Gasteiger partial charge in [0.15, 0.2) is 0 Å². The Morgan fingerprint density at radius 1 is 1.41 bits per heavy atom. The van der Waals surface area contributed by atoms with Gasteiger partial charge in [-0.1, -0.05) is 0 Å². The van der Waals surface area contributed by atoms with E-state index in [0.717, 1.165) is 25.2 Å². The minimum atomic E-state index is -0.215. The van der Waals surface area contributed by atoms with E-state index in [4.69, 9.17) is 0 Å². The second-order valence-electron chi connectivity index (χ2n) is 4.60. The van der Waals surface area contributed by atoms with Crippen molar-refractivity contribution in [3.63, 3.8) is 0 Å². The highest BCUT2D eigenvalue weighted by Crippen LogP contribution is 2.20. The Labute approximate surface area is 101 Å². The van der Waals surface area contributed by atoms with Crippen LogP contribution in [-0.2, 0) is 0 Å². The molecule has 1 aromatic carbocycles. The van der Waals surface area contributed by atoms with Crippen LogP contribution in [-0.4, -0.2) is 36.9 Å². The third kappa shape index (κ3) is 2.96. The Bertz CT molecular complexity index is 355. The molecule has 1 saturated heterocycles. The molecule has 1 heterocycles. The van der Waals surface area contributed by atoms with Gasteiger partial charge in [0.25, 0.3) is 0 Å². The molecular weight excluding hydrogens is 219 g/mol. The Morgan fingerprint density at radius 2 is 2.12 bits per heavy atom. The molecule has 0 saturated carbocycles. The summed E-state index contributed by atoms with van der Waals surface area (Å²) in [5, 5.41) is 12.6. The lowest BCUT2D eigenvalue weighted by atomic mass is 10.1. The van der Waals surface area contributed by atoms with Crippen LogP contribution in [0.25, 0.3) is 0 Å². The van der Waals surface area contributed by atoms with Crippen molar-refractivity contribution in [2.24, 2.45) is 0 Å². The maximum atomic E-state index is 12.9. The van der Waals surface area contributed by atoms with E-state index in [1.807, 2.05) is 0 Å². The third-order valence-corrected chi connectivity index (χ3v) is 3.32. The van der Waals surface area contributed by atoms with Crippen LogP contribution in [0.4, 0.5) is 10.1 Å². The highest BCUT2D eigenvalue weighted by Gasteiger charge is 2.22. The van der Waals surface area contributed by atoms with Gasteiger partial charge in [-0.05, 0) is 44.2 Å². The van der Waals surface area contributed by atoms with Crippen LogP contribution in [0.1, 0.15) is 13.3 Å². The summed E-state index contributed by atoms with van der Waals surface area (Å²) in [5.41, 5.74) is 1.01. The smallest absolute Gasteiger partial charge is 0.123 e. The molecular formula is C13H19FN2O. The summed E-state index contributed by atoms with van der Waals surface area (Å²) < 4.78 is 12.9. The number of benzene rings is 1. The first-order valence-corrected chi connectivity index (χ1v) is 6.07. The Kier molecular flexibility index (Phi) is 3.97. The average molecular weight is 238 g/mol. The number of aliphatic hydroxyl groups excluding tert-OH is 1. The Hall–Kier alpha value is -1.13.